The lowest BCUT2D eigenvalue weighted by Crippen LogP contribution is -2.65. The molecule has 0 radical (unpaired) electrons. The van der Waals surface area contributed by atoms with Crippen LogP contribution >= 0.6 is 58.2 Å². The van der Waals surface area contributed by atoms with Gasteiger partial charge in [-0.1, -0.05) is 94.9 Å². The number of fused-ring (bicyclic) bond motifs is 4. The molecule has 4 aromatic rings. The maximum Gasteiger partial charge on any atom is 0.189 e. The molecule has 4 aliphatic rings. The zero-order chi connectivity index (χ0) is 30.5. The Morgan fingerprint density at radius 1 is 0.886 bits per heavy atom. The molecular weight excluding hydrogens is 654 g/mol. The molecule has 4 nitrogen and oxygen atoms in total. The number of halogens is 4. The van der Waals surface area contributed by atoms with Crippen LogP contribution in [0, 0.1) is 5.41 Å². The molecule has 4 aromatic carbocycles. The van der Waals surface area contributed by atoms with Crippen LogP contribution in [0.25, 0.3) is 16.8 Å². The van der Waals surface area contributed by atoms with Crippen molar-refractivity contribution in [2.24, 2.45) is 5.41 Å². The van der Waals surface area contributed by atoms with Gasteiger partial charge < -0.3 is 4.90 Å². The Morgan fingerprint density at radius 3 is 2.36 bits per heavy atom. The van der Waals surface area contributed by atoms with Crippen LogP contribution in [0.5, 0.6) is 0 Å². The predicted molar refractivity (Wildman–Crippen MR) is 181 cm³/mol. The van der Waals surface area contributed by atoms with Gasteiger partial charge in [-0.2, -0.15) is 0 Å². The summed E-state index contributed by atoms with van der Waals surface area (Å²) in [5.41, 5.74) is 1.30. The number of ketones is 2. The van der Waals surface area contributed by atoms with E-state index in [1.807, 2.05) is 61.7 Å². The molecule has 44 heavy (non-hydrogen) atoms. The molecule has 1 aliphatic carbocycles. The van der Waals surface area contributed by atoms with Gasteiger partial charge in [0.2, 0.25) is 0 Å². The first-order valence-electron chi connectivity index (χ1n) is 14.4. The van der Waals surface area contributed by atoms with Crippen molar-refractivity contribution in [2.45, 2.75) is 17.5 Å². The molecule has 0 saturated carbocycles. The first-order valence-corrected chi connectivity index (χ1v) is 17.1. The number of likely N-dealkylation sites (tertiary alicyclic amines) is 1. The SMILES string of the molecule is CN1C/C(=C\c2ccc(Cl)cc2Cl)C(=O)C2(C1)[C@@H](c1ccc(Cl)cc1Cl)[C@@H]1CSCN1[C@@]21C(=O)c2cccc3cccc1c23. The highest BCUT2D eigenvalue weighted by molar-refractivity contribution is 7.99. The molecule has 0 aromatic heterocycles. The fourth-order valence-corrected chi connectivity index (χ4v) is 10.9. The second kappa shape index (κ2) is 10.3. The first-order chi connectivity index (χ1) is 21.2. The Balaban J connectivity index is 1.47. The number of rotatable bonds is 2. The Labute approximate surface area is 279 Å². The normalized spacial score (nSPS) is 29.2. The first kappa shape index (κ1) is 29.1. The summed E-state index contributed by atoms with van der Waals surface area (Å²) in [4.78, 5) is 35.4. The number of likely N-dealkylation sites (N-methyl/N-ethyl adjacent to an activating group) is 1. The van der Waals surface area contributed by atoms with E-state index in [0.717, 1.165) is 27.7 Å². The lowest BCUT2D eigenvalue weighted by molar-refractivity contribution is -0.134. The molecule has 3 fully saturated rings. The number of benzene rings is 4. The number of carbonyl (C=O) groups excluding carboxylic acids is 2. The van der Waals surface area contributed by atoms with Crippen molar-refractivity contribution in [1.82, 2.24) is 9.80 Å². The second-order valence-electron chi connectivity index (χ2n) is 12.2. The highest BCUT2D eigenvalue weighted by Gasteiger charge is 2.78. The summed E-state index contributed by atoms with van der Waals surface area (Å²) in [7, 11) is 2.02. The summed E-state index contributed by atoms with van der Waals surface area (Å²) < 4.78 is 0. The lowest BCUT2D eigenvalue weighted by atomic mass is 9.55. The molecule has 0 bridgehead atoms. The van der Waals surface area contributed by atoms with Crippen LogP contribution < -0.4 is 0 Å². The fourth-order valence-electron chi connectivity index (χ4n) is 8.63. The zero-order valence-electron chi connectivity index (χ0n) is 23.6. The summed E-state index contributed by atoms with van der Waals surface area (Å²) >= 11 is 28.1. The third-order valence-corrected chi connectivity index (χ3v) is 12.2. The molecule has 3 saturated heterocycles. The summed E-state index contributed by atoms with van der Waals surface area (Å²) in [6, 6.07) is 22.7. The van der Waals surface area contributed by atoms with Gasteiger partial charge in [0.25, 0.3) is 0 Å². The standard InChI is InChI=1S/C35H26Cl4N2O2S/c1-40-15-21(12-20-8-9-22(36)13-27(20)38)32(42)34(17-40)31(24-11-10-23(37)14-28(24)39)29-16-44-18-41(29)35(34)26-7-3-5-19-4-2-6-25(30(19)26)33(35)43/h2-14,29,31H,15-18H2,1H3/b21-12+/t29-,31-,34?,35-/m0/s1. The van der Waals surface area contributed by atoms with E-state index in [1.165, 1.54) is 0 Å². The summed E-state index contributed by atoms with van der Waals surface area (Å²) in [5.74, 6) is 0.956. The number of hydrogen-bond acceptors (Lipinski definition) is 5. The predicted octanol–water partition coefficient (Wildman–Crippen LogP) is 8.60. The number of carbonyl (C=O) groups is 2. The van der Waals surface area contributed by atoms with Crippen molar-refractivity contribution >= 4 is 86.6 Å². The highest BCUT2D eigenvalue weighted by atomic mass is 35.5. The van der Waals surface area contributed by atoms with E-state index in [-0.39, 0.29) is 23.5 Å². The van der Waals surface area contributed by atoms with Gasteiger partial charge in [0.15, 0.2) is 11.6 Å². The van der Waals surface area contributed by atoms with Crippen molar-refractivity contribution < 1.29 is 9.59 Å². The number of hydrogen-bond donors (Lipinski definition) is 0. The summed E-state index contributed by atoms with van der Waals surface area (Å²) in [6.45, 7) is 0.802. The van der Waals surface area contributed by atoms with Crippen LogP contribution in [-0.2, 0) is 10.3 Å². The quantitative estimate of drug-likeness (QED) is 0.199. The van der Waals surface area contributed by atoms with Crippen molar-refractivity contribution in [1.29, 1.82) is 0 Å². The maximum absolute atomic E-state index is 15.6. The molecule has 4 atom stereocenters. The Kier molecular flexibility index (Phi) is 6.83. The van der Waals surface area contributed by atoms with E-state index in [2.05, 4.69) is 15.9 Å². The van der Waals surface area contributed by atoms with Gasteiger partial charge >= 0.3 is 0 Å². The van der Waals surface area contributed by atoms with E-state index in [0.29, 0.717) is 55.8 Å². The summed E-state index contributed by atoms with van der Waals surface area (Å²) in [6.07, 6.45) is 1.87. The van der Waals surface area contributed by atoms with Gasteiger partial charge in [0.1, 0.15) is 5.54 Å². The van der Waals surface area contributed by atoms with E-state index in [9.17, 15) is 0 Å². The van der Waals surface area contributed by atoms with Gasteiger partial charge in [-0.15, -0.1) is 11.8 Å². The van der Waals surface area contributed by atoms with Crippen LogP contribution in [0.2, 0.25) is 20.1 Å². The van der Waals surface area contributed by atoms with E-state index >= 15 is 9.59 Å². The van der Waals surface area contributed by atoms with E-state index in [4.69, 9.17) is 46.4 Å². The fraction of sp³-hybridized carbons (Fsp3) is 0.257. The van der Waals surface area contributed by atoms with Crippen LogP contribution in [-0.4, -0.2) is 59.2 Å². The molecule has 3 heterocycles. The molecule has 2 spiro atoms. The van der Waals surface area contributed by atoms with E-state index in [1.54, 1.807) is 30.0 Å². The Hall–Kier alpha value is -2.35. The molecule has 222 valence electrons. The molecule has 8 rings (SSSR count). The van der Waals surface area contributed by atoms with Crippen molar-refractivity contribution in [3.63, 3.8) is 0 Å². The lowest BCUT2D eigenvalue weighted by Gasteiger charge is -2.52. The molecular formula is C35H26Cl4N2O2S. The van der Waals surface area contributed by atoms with Crippen LogP contribution in [0.1, 0.15) is 33.0 Å². The highest BCUT2D eigenvalue weighted by Crippen LogP contribution is 2.70. The average molecular weight is 680 g/mol. The largest absolute Gasteiger partial charge is 0.301 e. The number of piperidine rings is 1. The van der Waals surface area contributed by atoms with Crippen molar-refractivity contribution in [3.05, 3.63) is 121 Å². The van der Waals surface area contributed by atoms with Gasteiger partial charge in [0.05, 0.1) is 5.41 Å². The molecule has 1 unspecified atom stereocenters. The topological polar surface area (TPSA) is 40.6 Å². The Morgan fingerprint density at radius 2 is 1.61 bits per heavy atom. The van der Waals surface area contributed by atoms with Gasteiger partial charge in [-0.3, -0.25) is 14.5 Å². The Bertz CT molecular complexity index is 1960. The number of nitrogens with zero attached hydrogens (tertiary/aromatic N) is 2. The zero-order valence-corrected chi connectivity index (χ0v) is 27.5. The van der Waals surface area contributed by atoms with Crippen molar-refractivity contribution in [3.8, 4) is 0 Å². The molecule has 0 N–H and O–H groups in total. The smallest absolute Gasteiger partial charge is 0.189 e. The molecule has 0 amide bonds. The summed E-state index contributed by atoms with van der Waals surface area (Å²) in [5, 5.41) is 3.95. The van der Waals surface area contributed by atoms with Gasteiger partial charge in [0, 0.05) is 67.9 Å². The second-order valence-corrected chi connectivity index (χ2v) is 14.9. The average Bonchev–Trinajstić information content (AvgIpc) is 3.62. The minimum atomic E-state index is -1.23. The maximum atomic E-state index is 15.6. The van der Waals surface area contributed by atoms with E-state index < -0.39 is 11.0 Å². The number of Topliss-reactive ketones (excluding diaryl/α,β-unsaturated/α-hetero) is 2. The van der Waals surface area contributed by atoms with Gasteiger partial charge in [-0.05, 0) is 64.9 Å². The third-order valence-electron chi connectivity index (χ3n) is 10.0. The molecule has 3 aliphatic heterocycles. The molecule has 9 heteroatoms. The monoisotopic (exact) mass is 678 g/mol. The van der Waals surface area contributed by atoms with Crippen LogP contribution in [0.3, 0.4) is 0 Å². The minimum absolute atomic E-state index is 0.0167. The van der Waals surface area contributed by atoms with Crippen molar-refractivity contribution in [2.75, 3.05) is 31.8 Å². The third kappa shape index (κ3) is 3.75. The van der Waals surface area contributed by atoms with Crippen LogP contribution in [0.15, 0.2) is 78.4 Å². The number of thioether (sulfide) groups is 1. The van der Waals surface area contributed by atoms with Gasteiger partial charge in [-0.25, -0.2) is 0 Å². The van der Waals surface area contributed by atoms with Crippen LogP contribution in [0.4, 0.5) is 0 Å². The minimum Gasteiger partial charge on any atom is -0.301 e.